The Kier molecular flexibility index (Phi) is 5.18. The SMILES string of the molecule is CCOP(=O)(COc1ccc2nc3ccc(=O)cc-3oc2c1)OCC. The first kappa shape index (κ1) is 17.6. The molecule has 3 rings (SSSR count). The monoisotopic (exact) mass is 363 g/mol. The maximum absolute atomic E-state index is 12.4. The zero-order valence-corrected chi connectivity index (χ0v) is 14.8. The lowest BCUT2D eigenvalue weighted by Crippen LogP contribution is -2.05. The molecule has 8 heteroatoms. The number of ether oxygens (including phenoxy) is 1. The van der Waals surface area contributed by atoms with Crippen molar-refractivity contribution < 1.29 is 22.8 Å². The fourth-order valence-corrected chi connectivity index (χ4v) is 3.65. The molecule has 0 fully saturated rings. The molecular weight excluding hydrogens is 345 g/mol. The lowest BCUT2D eigenvalue weighted by Gasteiger charge is -2.17. The molecular formula is C17H18NO6P. The Hall–Kier alpha value is -2.21. The maximum Gasteiger partial charge on any atom is 0.367 e. The predicted octanol–water partition coefficient (Wildman–Crippen LogP) is 3.90. The van der Waals surface area contributed by atoms with Crippen molar-refractivity contribution in [2.24, 2.45) is 0 Å². The van der Waals surface area contributed by atoms with Crippen LogP contribution < -0.4 is 10.2 Å². The summed E-state index contributed by atoms with van der Waals surface area (Å²) in [4.78, 5) is 15.9. The van der Waals surface area contributed by atoms with Gasteiger partial charge in [-0.15, -0.1) is 0 Å². The molecule has 0 atom stereocenters. The summed E-state index contributed by atoms with van der Waals surface area (Å²) in [6.45, 7) is 4.01. The number of aromatic nitrogens is 1. The molecule has 1 aliphatic heterocycles. The molecule has 0 amide bonds. The largest absolute Gasteiger partial charge is 0.481 e. The Balaban J connectivity index is 1.88. The number of hydrogen-bond donors (Lipinski definition) is 0. The summed E-state index contributed by atoms with van der Waals surface area (Å²) >= 11 is 0. The van der Waals surface area contributed by atoms with Gasteiger partial charge in [-0.3, -0.25) is 9.36 Å². The Bertz CT molecular complexity index is 943. The second kappa shape index (κ2) is 7.35. The smallest absolute Gasteiger partial charge is 0.367 e. The van der Waals surface area contributed by atoms with Gasteiger partial charge in [0.15, 0.2) is 23.1 Å². The number of rotatable bonds is 7. The summed E-state index contributed by atoms with van der Waals surface area (Å²) in [7, 11) is -3.30. The lowest BCUT2D eigenvalue weighted by molar-refractivity contribution is 0.197. The molecule has 0 radical (unpaired) electrons. The van der Waals surface area contributed by atoms with E-state index in [4.69, 9.17) is 18.2 Å². The molecule has 0 unspecified atom stereocenters. The Morgan fingerprint density at radius 2 is 1.84 bits per heavy atom. The summed E-state index contributed by atoms with van der Waals surface area (Å²) < 4.78 is 34.1. The summed E-state index contributed by atoms with van der Waals surface area (Å²) in [5.74, 6) is 0.835. The summed E-state index contributed by atoms with van der Waals surface area (Å²) in [6, 6.07) is 9.49. The third-order valence-electron chi connectivity index (χ3n) is 3.36. The van der Waals surface area contributed by atoms with Crippen LogP contribution in [0.3, 0.4) is 0 Å². The highest BCUT2D eigenvalue weighted by molar-refractivity contribution is 7.53. The van der Waals surface area contributed by atoms with Gasteiger partial charge in [-0.1, -0.05) is 0 Å². The Morgan fingerprint density at radius 3 is 2.56 bits per heavy atom. The van der Waals surface area contributed by atoms with Crippen molar-refractivity contribution in [2.75, 3.05) is 19.6 Å². The second-order valence-corrected chi connectivity index (χ2v) is 7.19. The van der Waals surface area contributed by atoms with Gasteiger partial charge in [-0.2, -0.15) is 0 Å². The van der Waals surface area contributed by atoms with Crippen LogP contribution in [0.1, 0.15) is 13.8 Å². The Morgan fingerprint density at radius 1 is 1.08 bits per heavy atom. The van der Waals surface area contributed by atoms with Crippen molar-refractivity contribution in [3.63, 3.8) is 0 Å². The summed E-state index contributed by atoms with van der Waals surface area (Å²) in [5, 5.41) is 0. The lowest BCUT2D eigenvalue weighted by atomic mass is 10.2. The van der Waals surface area contributed by atoms with Crippen molar-refractivity contribution in [2.45, 2.75) is 13.8 Å². The molecule has 0 aromatic heterocycles. The number of fused-ring (bicyclic) bond motifs is 2. The van der Waals surface area contributed by atoms with Crippen LogP contribution in [0.4, 0.5) is 0 Å². The molecule has 0 bridgehead atoms. The first-order valence-electron chi connectivity index (χ1n) is 7.88. The molecule has 1 aromatic carbocycles. The molecule has 1 aromatic rings. The minimum absolute atomic E-state index is 0.154. The van der Waals surface area contributed by atoms with E-state index in [-0.39, 0.29) is 25.0 Å². The molecule has 0 saturated carbocycles. The van der Waals surface area contributed by atoms with Crippen molar-refractivity contribution in [3.05, 3.63) is 46.6 Å². The first-order chi connectivity index (χ1) is 12.0. The van der Waals surface area contributed by atoms with Crippen molar-refractivity contribution in [1.82, 2.24) is 4.98 Å². The van der Waals surface area contributed by atoms with Crippen LogP contribution in [0, 0.1) is 0 Å². The van der Waals surface area contributed by atoms with E-state index in [9.17, 15) is 9.36 Å². The van der Waals surface area contributed by atoms with Crippen LogP contribution in [0.2, 0.25) is 0 Å². The van der Waals surface area contributed by atoms with Gasteiger partial charge in [0.1, 0.15) is 17.0 Å². The van der Waals surface area contributed by atoms with Gasteiger partial charge >= 0.3 is 7.60 Å². The van der Waals surface area contributed by atoms with Gasteiger partial charge in [0.05, 0.1) is 13.2 Å². The molecule has 132 valence electrons. The quantitative estimate of drug-likeness (QED) is 0.465. The van der Waals surface area contributed by atoms with E-state index in [1.165, 1.54) is 12.1 Å². The van der Waals surface area contributed by atoms with Gasteiger partial charge in [-0.25, -0.2) is 4.98 Å². The minimum Gasteiger partial charge on any atom is -0.481 e. The van der Waals surface area contributed by atoms with E-state index >= 15 is 0 Å². The molecule has 1 aliphatic carbocycles. The van der Waals surface area contributed by atoms with Crippen molar-refractivity contribution in [3.8, 4) is 17.2 Å². The van der Waals surface area contributed by atoms with Gasteiger partial charge < -0.3 is 18.2 Å². The normalized spacial score (nSPS) is 11.9. The van der Waals surface area contributed by atoms with E-state index in [2.05, 4.69) is 4.98 Å². The van der Waals surface area contributed by atoms with Crippen LogP contribution in [0.15, 0.2) is 45.6 Å². The van der Waals surface area contributed by atoms with E-state index in [0.29, 0.717) is 28.3 Å². The standard InChI is InChI=1S/C17H18NO6P/c1-3-22-25(20,23-4-2)11-21-13-6-8-15-17(10-13)24-16-9-12(19)5-7-14(16)18-15/h5-10H,3-4,11H2,1-2H3. The molecule has 0 spiro atoms. The minimum atomic E-state index is -3.30. The average Bonchev–Trinajstić information content (AvgIpc) is 2.58. The van der Waals surface area contributed by atoms with Gasteiger partial charge in [0, 0.05) is 12.1 Å². The zero-order chi connectivity index (χ0) is 17.9. The fraction of sp³-hybridized carbons (Fsp3) is 0.294. The molecule has 2 aliphatic rings. The molecule has 7 nitrogen and oxygen atoms in total. The van der Waals surface area contributed by atoms with E-state index in [1.807, 2.05) is 0 Å². The fourth-order valence-electron chi connectivity index (χ4n) is 2.33. The highest BCUT2D eigenvalue weighted by Crippen LogP contribution is 2.48. The molecule has 1 heterocycles. The highest BCUT2D eigenvalue weighted by Gasteiger charge is 2.24. The van der Waals surface area contributed by atoms with Gasteiger partial charge in [0.2, 0.25) is 0 Å². The van der Waals surface area contributed by atoms with Crippen LogP contribution in [0.5, 0.6) is 5.75 Å². The number of nitrogens with zero attached hydrogens (tertiary/aromatic N) is 1. The third kappa shape index (κ3) is 4.07. The highest BCUT2D eigenvalue weighted by atomic mass is 31.2. The van der Waals surface area contributed by atoms with Crippen LogP contribution >= 0.6 is 7.60 Å². The molecule has 25 heavy (non-hydrogen) atoms. The van der Waals surface area contributed by atoms with E-state index < -0.39 is 7.60 Å². The van der Waals surface area contributed by atoms with Crippen LogP contribution in [0.25, 0.3) is 22.6 Å². The number of benzene rings is 2. The molecule has 0 N–H and O–H groups in total. The summed E-state index contributed by atoms with van der Waals surface area (Å²) in [6.07, 6.45) is -0.202. The summed E-state index contributed by atoms with van der Waals surface area (Å²) in [5.41, 5.74) is 1.52. The Labute approximate surface area is 144 Å². The van der Waals surface area contributed by atoms with Gasteiger partial charge in [0.25, 0.3) is 0 Å². The number of hydrogen-bond acceptors (Lipinski definition) is 7. The van der Waals surface area contributed by atoms with Crippen molar-refractivity contribution in [1.29, 1.82) is 0 Å². The maximum atomic E-state index is 12.4. The molecule has 0 saturated heterocycles. The van der Waals surface area contributed by atoms with Crippen LogP contribution in [-0.4, -0.2) is 24.5 Å². The first-order valence-corrected chi connectivity index (χ1v) is 9.61. The van der Waals surface area contributed by atoms with Crippen molar-refractivity contribution >= 4 is 18.7 Å². The van der Waals surface area contributed by atoms with E-state index in [0.717, 1.165) is 0 Å². The topological polar surface area (TPSA) is 87.9 Å². The predicted molar refractivity (Wildman–Crippen MR) is 93.3 cm³/mol. The van der Waals surface area contributed by atoms with Gasteiger partial charge in [-0.05, 0) is 38.1 Å². The average molecular weight is 363 g/mol. The second-order valence-electron chi connectivity index (χ2n) is 5.19. The van der Waals surface area contributed by atoms with E-state index in [1.54, 1.807) is 38.1 Å². The zero-order valence-electron chi connectivity index (χ0n) is 13.9. The third-order valence-corrected chi connectivity index (χ3v) is 5.11. The van der Waals surface area contributed by atoms with Crippen LogP contribution in [-0.2, 0) is 13.6 Å².